The molecule has 2 aromatic heterocycles. The standard InChI is InChI=1S/C13H17N3O3/c1-7-11(9(3)18-15-7)5-13(17)14-6-12-8(2)16-19-10(12)4/h5-6H2,1-4H3,(H,14,17). The maximum absolute atomic E-state index is 11.9. The quantitative estimate of drug-likeness (QED) is 0.908. The van der Waals surface area contributed by atoms with Crippen LogP contribution < -0.4 is 5.32 Å². The molecule has 19 heavy (non-hydrogen) atoms. The lowest BCUT2D eigenvalue weighted by molar-refractivity contribution is -0.120. The number of amides is 1. The van der Waals surface area contributed by atoms with Crippen LogP contribution in [0.1, 0.15) is 34.0 Å². The monoisotopic (exact) mass is 263 g/mol. The average molecular weight is 263 g/mol. The maximum atomic E-state index is 11.9. The van der Waals surface area contributed by atoms with Gasteiger partial charge in [0.05, 0.1) is 17.8 Å². The van der Waals surface area contributed by atoms with Crippen LogP contribution in [0.15, 0.2) is 9.05 Å². The summed E-state index contributed by atoms with van der Waals surface area (Å²) >= 11 is 0. The number of aryl methyl sites for hydroxylation is 4. The van der Waals surface area contributed by atoms with E-state index in [4.69, 9.17) is 9.05 Å². The Morgan fingerprint density at radius 2 is 1.53 bits per heavy atom. The molecule has 0 aromatic carbocycles. The maximum Gasteiger partial charge on any atom is 0.224 e. The van der Waals surface area contributed by atoms with E-state index >= 15 is 0 Å². The molecule has 2 aromatic rings. The van der Waals surface area contributed by atoms with E-state index in [2.05, 4.69) is 15.6 Å². The molecule has 0 fully saturated rings. The lowest BCUT2D eigenvalue weighted by Crippen LogP contribution is -2.25. The van der Waals surface area contributed by atoms with Crippen LogP contribution in [-0.2, 0) is 17.8 Å². The van der Waals surface area contributed by atoms with Gasteiger partial charge in [-0.15, -0.1) is 0 Å². The summed E-state index contributed by atoms with van der Waals surface area (Å²) in [7, 11) is 0. The Morgan fingerprint density at radius 3 is 2.00 bits per heavy atom. The zero-order valence-electron chi connectivity index (χ0n) is 11.5. The van der Waals surface area contributed by atoms with Crippen LogP contribution in [0, 0.1) is 27.7 Å². The number of aromatic nitrogens is 2. The normalized spacial score (nSPS) is 10.7. The summed E-state index contributed by atoms with van der Waals surface area (Å²) in [6.45, 7) is 7.73. The highest BCUT2D eigenvalue weighted by atomic mass is 16.5. The second-order valence-electron chi connectivity index (χ2n) is 4.56. The van der Waals surface area contributed by atoms with Gasteiger partial charge in [-0.2, -0.15) is 0 Å². The van der Waals surface area contributed by atoms with Crippen molar-refractivity contribution in [2.24, 2.45) is 0 Å². The molecule has 0 aliphatic carbocycles. The van der Waals surface area contributed by atoms with Crippen LogP contribution in [0.25, 0.3) is 0 Å². The third-order valence-corrected chi connectivity index (χ3v) is 3.16. The van der Waals surface area contributed by atoms with E-state index in [1.807, 2.05) is 20.8 Å². The molecular formula is C13H17N3O3. The van der Waals surface area contributed by atoms with Gasteiger partial charge in [0.2, 0.25) is 5.91 Å². The summed E-state index contributed by atoms with van der Waals surface area (Å²) in [5, 5.41) is 10.5. The molecule has 0 saturated heterocycles. The van der Waals surface area contributed by atoms with Crippen LogP contribution in [-0.4, -0.2) is 16.2 Å². The second kappa shape index (κ2) is 5.26. The third-order valence-electron chi connectivity index (χ3n) is 3.16. The lowest BCUT2D eigenvalue weighted by atomic mass is 10.1. The van der Waals surface area contributed by atoms with Gasteiger partial charge in [0.15, 0.2) is 0 Å². The Bertz CT molecular complexity index is 559. The first-order chi connectivity index (χ1) is 8.99. The highest BCUT2D eigenvalue weighted by Gasteiger charge is 2.15. The fourth-order valence-electron chi connectivity index (χ4n) is 1.92. The number of rotatable bonds is 4. The molecule has 6 nitrogen and oxygen atoms in total. The first-order valence-corrected chi connectivity index (χ1v) is 6.09. The van der Waals surface area contributed by atoms with Crippen LogP contribution in [0.2, 0.25) is 0 Å². The van der Waals surface area contributed by atoms with Crippen LogP contribution >= 0.6 is 0 Å². The number of carbonyl (C=O) groups is 1. The van der Waals surface area contributed by atoms with Crippen molar-refractivity contribution in [3.05, 3.63) is 34.0 Å². The van der Waals surface area contributed by atoms with Crippen molar-refractivity contribution in [2.45, 2.75) is 40.7 Å². The van der Waals surface area contributed by atoms with Gasteiger partial charge < -0.3 is 14.4 Å². The molecule has 1 amide bonds. The van der Waals surface area contributed by atoms with Crippen molar-refractivity contribution < 1.29 is 13.8 Å². The summed E-state index contributed by atoms with van der Waals surface area (Å²) in [4.78, 5) is 11.9. The van der Waals surface area contributed by atoms with Crippen molar-refractivity contribution in [1.29, 1.82) is 0 Å². The van der Waals surface area contributed by atoms with Gasteiger partial charge in [-0.05, 0) is 27.7 Å². The summed E-state index contributed by atoms with van der Waals surface area (Å²) in [5.41, 5.74) is 3.32. The summed E-state index contributed by atoms with van der Waals surface area (Å²) in [6, 6.07) is 0. The second-order valence-corrected chi connectivity index (χ2v) is 4.56. The number of hydrogen-bond acceptors (Lipinski definition) is 5. The summed E-state index contributed by atoms with van der Waals surface area (Å²) in [6.07, 6.45) is 0.268. The molecule has 0 spiro atoms. The van der Waals surface area contributed by atoms with Gasteiger partial charge >= 0.3 is 0 Å². The Labute approximate surface area is 111 Å². The molecule has 0 atom stereocenters. The predicted molar refractivity (Wildman–Crippen MR) is 67.5 cm³/mol. The number of hydrogen-bond donors (Lipinski definition) is 1. The van der Waals surface area contributed by atoms with Crippen molar-refractivity contribution >= 4 is 5.91 Å². The summed E-state index contributed by atoms with van der Waals surface area (Å²) in [5.74, 6) is 1.34. The molecular weight excluding hydrogens is 246 g/mol. The minimum Gasteiger partial charge on any atom is -0.361 e. The topological polar surface area (TPSA) is 81.2 Å². The number of nitrogens with zero attached hydrogens (tertiary/aromatic N) is 2. The van der Waals surface area contributed by atoms with Crippen molar-refractivity contribution in [1.82, 2.24) is 15.6 Å². The van der Waals surface area contributed by atoms with Crippen LogP contribution in [0.5, 0.6) is 0 Å². The first-order valence-electron chi connectivity index (χ1n) is 6.09. The number of carbonyl (C=O) groups excluding carboxylic acids is 1. The van der Waals surface area contributed by atoms with E-state index < -0.39 is 0 Å². The van der Waals surface area contributed by atoms with Crippen LogP contribution in [0.4, 0.5) is 0 Å². The van der Waals surface area contributed by atoms with Gasteiger partial charge in [0, 0.05) is 17.7 Å². The van der Waals surface area contributed by atoms with Crippen LogP contribution in [0.3, 0.4) is 0 Å². The van der Waals surface area contributed by atoms with Gasteiger partial charge in [-0.1, -0.05) is 10.3 Å². The molecule has 102 valence electrons. The molecule has 6 heteroatoms. The molecule has 0 aliphatic rings. The fourth-order valence-corrected chi connectivity index (χ4v) is 1.92. The number of nitrogens with one attached hydrogen (secondary N) is 1. The van der Waals surface area contributed by atoms with E-state index in [1.54, 1.807) is 6.92 Å². The van der Waals surface area contributed by atoms with Gasteiger partial charge in [-0.25, -0.2) is 0 Å². The SMILES string of the molecule is Cc1noc(C)c1CNC(=O)Cc1c(C)noc1C. The molecule has 1 N–H and O–H groups in total. The van der Waals surface area contributed by atoms with E-state index in [-0.39, 0.29) is 12.3 Å². The lowest BCUT2D eigenvalue weighted by Gasteiger charge is -2.04. The Morgan fingerprint density at radius 1 is 1.00 bits per heavy atom. The highest BCUT2D eigenvalue weighted by molar-refractivity contribution is 5.79. The van der Waals surface area contributed by atoms with Crippen molar-refractivity contribution in [2.75, 3.05) is 0 Å². The Hall–Kier alpha value is -2.11. The molecule has 0 unspecified atom stereocenters. The van der Waals surface area contributed by atoms with E-state index in [0.717, 1.165) is 28.3 Å². The fraction of sp³-hybridized carbons (Fsp3) is 0.462. The molecule has 0 radical (unpaired) electrons. The third kappa shape index (κ3) is 2.83. The minimum atomic E-state index is -0.0746. The smallest absolute Gasteiger partial charge is 0.224 e. The molecule has 0 aliphatic heterocycles. The van der Waals surface area contributed by atoms with Gasteiger partial charge in [-0.3, -0.25) is 4.79 Å². The summed E-state index contributed by atoms with van der Waals surface area (Å²) < 4.78 is 10.1. The van der Waals surface area contributed by atoms with Gasteiger partial charge in [0.1, 0.15) is 11.5 Å². The Kier molecular flexibility index (Phi) is 3.69. The molecule has 2 heterocycles. The van der Waals surface area contributed by atoms with E-state index in [9.17, 15) is 4.79 Å². The average Bonchev–Trinajstić information content (AvgIpc) is 2.84. The predicted octanol–water partition coefficient (Wildman–Crippen LogP) is 1.76. The zero-order valence-corrected chi connectivity index (χ0v) is 11.5. The van der Waals surface area contributed by atoms with Crippen molar-refractivity contribution in [3.8, 4) is 0 Å². The minimum absolute atomic E-state index is 0.0746. The Balaban J connectivity index is 1.96. The first kappa shape index (κ1) is 13.3. The zero-order chi connectivity index (χ0) is 14.0. The van der Waals surface area contributed by atoms with Crippen molar-refractivity contribution in [3.63, 3.8) is 0 Å². The molecule has 0 saturated carbocycles. The largest absolute Gasteiger partial charge is 0.361 e. The molecule has 2 rings (SSSR count). The van der Waals surface area contributed by atoms with E-state index in [1.165, 1.54) is 0 Å². The molecule has 0 bridgehead atoms. The van der Waals surface area contributed by atoms with E-state index in [0.29, 0.717) is 12.3 Å². The van der Waals surface area contributed by atoms with Gasteiger partial charge in [0.25, 0.3) is 0 Å². The highest BCUT2D eigenvalue weighted by Crippen LogP contribution is 2.14.